The van der Waals surface area contributed by atoms with Crippen LogP contribution < -0.4 is 0 Å². The van der Waals surface area contributed by atoms with Crippen molar-refractivity contribution in [3.63, 3.8) is 0 Å². The van der Waals surface area contributed by atoms with Crippen molar-refractivity contribution in [2.75, 3.05) is 0 Å². The van der Waals surface area contributed by atoms with Crippen molar-refractivity contribution in [1.29, 1.82) is 0 Å². The summed E-state index contributed by atoms with van der Waals surface area (Å²) in [5, 5.41) is 10.4. The van der Waals surface area contributed by atoms with Gasteiger partial charge in [0.25, 0.3) is 0 Å². The Labute approximate surface area is 189 Å². The van der Waals surface area contributed by atoms with Gasteiger partial charge in [0.1, 0.15) is 5.82 Å². The molecule has 0 fully saturated rings. The molecule has 3 aromatic rings. The Hall–Kier alpha value is -2.17. The summed E-state index contributed by atoms with van der Waals surface area (Å²) in [6.07, 6.45) is 0. The van der Waals surface area contributed by atoms with E-state index in [9.17, 15) is 9.50 Å². The molecule has 0 bridgehead atoms. The number of aromatic nitrogens is 1. The molecule has 164 valence electrons. The smallest absolute Gasteiger partial charge is 0.123 e. The van der Waals surface area contributed by atoms with Gasteiger partial charge in [0, 0.05) is 27.6 Å². The fourth-order valence-electron chi connectivity index (χ4n) is 4.10. The summed E-state index contributed by atoms with van der Waals surface area (Å²) >= 11 is 1.78. The van der Waals surface area contributed by atoms with Crippen molar-refractivity contribution in [2.24, 2.45) is 0 Å². The van der Waals surface area contributed by atoms with Crippen molar-refractivity contribution in [1.82, 2.24) is 4.98 Å². The molecular formula is C27H32FNOS. The van der Waals surface area contributed by atoms with Crippen LogP contribution in [0.4, 0.5) is 4.39 Å². The molecular weight excluding hydrogens is 405 g/mol. The Morgan fingerprint density at radius 1 is 0.871 bits per heavy atom. The molecule has 0 aliphatic carbocycles. The quantitative estimate of drug-likeness (QED) is 0.388. The number of benzene rings is 2. The van der Waals surface area contributed by atoms with Crippen molar-refractivity contribution in [2.45, 2.75) is 70.6 Å². The summed E-state index contributed by atoms with van der Waals surface area (Å²) in [6.45, 7) is 12.7. The second kappa shape index (κ2) is 9.97. The van der Waals surface area contributed by atoms with Gasteiger partial charge in [0.2, 0.25) is 0 Å². The number of hydrogen-bond donors (Lipinski definition) is 1. The number of rotatable bonds is 7. The molecule has 0 spiro atoms. The molecule has 0 aliphatic rings. The first-order chi connectivity index (χ1) is 14.7. The Bertz CT molecular complexity index is 1040. The number of aliphatic hydroxyl groups excluding tert-OH is 1. The molecule has 1 N–H and O–H groups in total. The standard InChI is InChI=1S/C27H32FNOS/c1-16(2)26-23(14-30)25(20-7-9-21(28)10-8-20)24(27(29-26)17(3)4)15-31-22-12-18(5)11-19(6)13-22/h7-13,16-17,30H,14-15H2,1-6H3. The van der Waals surface area contributed by atoms with Crippen LogP contribution >= 0.6 is 11.8 Å². The number of aliphatic hydroxyl groups is 1. The van der Waals surface area contributed by atoms with Gasteiger partial charge < -0.3 is 5.11 Å². The normalized spacial score (nSPS) is 11.5. The molecule has 0 saturated heterocycles. The Morgan fingerprint density at radius 2 is 1.42 bits per heavy atom. The van der Waals surface area contributed by atoms with Crippen LogP contribution in [-0.2, 0) is 12.4 Å². The van der Waals surface area contributed by atoms with E-state index in [0.717, 1.165) is 39.4 Å². The van der Waals surface area contributed by atoms with E-state index in [1.807, 2.05) is 12.1 Å². The maximum absolute atomic E-state index is 13.7. The lowest BCUT2D eigenvalue weighted by atomic mass is 9.88. The Morgan fingerprint density at radius 3 is 1.94 bits per heavy atom. The van der Waals surface area contributed by atoms with Crippen molar-refractivity contribution in [3.8, 4) is 11.1 Å². The molecule has 31 heavy (non-hydrogen) atoms. The lowest BCUT2D eigenvalue weighted by molar-refractivity contribution is 0.279. The van der Waals surface area contributed by atoms with Gasteiger partial charge in [-0.2, -0.15) is 0 Å². The third-order valence-electron chi connectivity index (χ3n) is 5.43. The fraction of sp³-hybridized carbons (Fsp3) is 0.370. The van der Waals surface area contributed by atoms with Crippen LogP contribution in [0.1, 0.15) is 73.2 Å². The van der Waals surface area contributed by atoms with Crippen LogP contribution in [0.3, 0.4) is 0 Å². The number of pyridine rings is 1. The maximum Gasteiger partial charge on any atom is 0.123 e. The lowest BCUT2D eigenvalue weighted by Crippen LogP contribution is -2.12. The lowest BCUT2D eigenvalue weighted by Gasteiger charge is -2.24. The van der Waals surface area contributed by atoms with E-state index in [2.05, 4.69) is 59.7 Å². The van der Waals surface area contributed by atoms with Crippen molar-refractivity contribution >= 4 is 11.8 Å². The van der Waals surface area contributed by atoms with Gasteiger partial charge >= 0.3 is 0 Å². The highest BCUT2D eigenvalue weighted by molar-refractivity contribution is 7.98. The molecule has 2 nitrogen and oxygen atoms in total. The maximum atomic E-state index is 13.7. The third-order valence-corrected chi connectivity index (χ3v) is 6.43. The summed E-state index contributed by atoms with van der Waals surface area (Å²) in [5.74, 6) is 0.892. The molecule has 1 aromatic heterocycles. The highest BCUT2D eigenvalue weighted by Crippen LogP contribution is 2.39. The highest BCUT2D eigenvalue weighted by Gasteiger charge is 2.23. The zero-order valence-electron chi connectivity index (χ0n) is 19.3. The van der Waals surface area contributed by atoms with Crippen LogP contribution in [-0.4, -0.2) is 10.1 Å². The van der Waals surface area contributed by atoms with Gasteiger partial charge in [-0.1, -0.05) is 45.9 Å². The highest BCUT2D eigenvalue weighted by atomic mass is 32.2. The largest absolute Gasteiger partial charge is 0.392 e. The fourth-order valence-corrected chi connectivity index (χ4v) is 5.24. The van der Waals surface area contributed by atoms with Gasteiger partial charge in [-0.15, -0.1) is 11.8 Å². The average Bonchev–Trinajstić information content (AvgIpc) is 2.70. The number of hydrogen-bond acceptors (Lipinski definition) is 3. The van der Waals surface area contributed by atoms with E-state index in [4.69, 9.17) is 4.98 Å². The summed E-state index contributed by atoms with van der Waals surface area (Å²) in [7, 11) is 0. The first-order valence-corrected chi connectivity index (χ1v) is 11.8. The topological polar surface area (TPSA) is 33.1 Å². The number of aryl methyl sites for hydroxylation is 2. The SMILES string of the molecule is Cc1cc(C)cc(SCc2c(C(C)C)nc(C(C)C)c(CO)c2-c2ccc(F)cc2)c1. The molecule has 2 aromatic carbocycles. The molecule has 0 unspecified atom stereocenters. The molecule has 0 aliphatic heterocycles. The second-order valence-electron chi connectivity index (χ2n) is 8.80. The average molecular weight is 438 g/mol. The first-order valence-electron chi connectivity index (χ1n) is 10.8. The minimum absolute atomic E-state index is 0.0905. The van der Waals surface area contributed by atoms with Crippen molar-refractivity contribution in [3.05, 3.63) is 81.9 Å². The zero-order valence-corrected chi connectivity index (χ0v) is 20.1. The number of nitrogens with zero attached hydrogens (tertiary/aromatic N) is 1. The van der Waals surface area contributed by atoms with Gasteiger partial charge in [-0.05, 0) is 77.8 Å². The molecule has 1 heterocycles. The number of halogens is 1. The first kappa shape index (κ1) is 23.5. The van der Waals surface area contributed by atoms with E-state index >= 15 is 0 Å². The van der Waals surface area contributed by atoms with Crippen LogP contribution in [0.5, 0.6) is 0 Å². The zero-order chi connectivity index (χ0) is 22.7. The molecule has 4 heteroatoms. The summed E-state index contributed by atoms with van der Waals surface area (Å²) in [4.78, 5) is 6.26. The molecule has 0 radical (unpaired) electrons. The molecule has 0 amide bonds. The van der Waals surface area contributed by atoms with Crippen LogP contribution in [0, 0.1) is 19.7 Å². The van der Waals surface area contributed by atoms with Crippen LogP contribution in [0.15, 0.2) is 47.4 Å². The van der Waals surface area contributed by atoms with E-state index < -0.39 is 0 Å². The third kappa shape index (κ3) is 5.36. The van der Waals surface area contributed by atoms with E-state index in [1.54, 1.807) is 11.8 Å². The Kier molecular flexibility index (Phi) is 7.55. The summed E-state index contributed by atoms with van der Waals surface area (Å²) in [6, 6.07) is 13.2. The van der Waals surface area contributed by atoms with Gasteiger partial charge in [-0.3, -0.25) is 4.98 Å². The number of thioether (sulfide) groups is 1. The predicted octanol–water partition coefficient (Wildman–Crippen LogP) is 7.54. The Balaban J connectivity index is 2.21. The van der Waals surface area contributed by atoms with Crippen molar-refractivity contribution < 1.29 is 9.50 Å². The van der Waals surface area contributed by atoms with E-state index in [-0.39, 0.29) is 24.3 Å². The summed E-state index contributed by atoms with van der Waals surface area (Å²) < 4.78 is 13.7. The monoisotopic (exact) mass is 437 g/mol. The predicted molar refractivity (Wildman–Crippen MR) is 129 cm³/mol. The van der Waals surface area contributed by atoms with Gasteiger partial charge in [-0.25, -0.2) is 4.39 Å². The van der Waals surface area contributed by atoms with Crippen LogP contribution in [0.2, 0.25) is 0 Å². The molecule has 0 atom stereocenters. The van der Waals surface area contributed by atoms with Gasteiger partial charge in [0.05, 0.1) is 6.61 Å². The molecule has 3 rings (SSSR count). The second-order valence-corrected chi connectivity index (χ2v) is 9.85. The summed E-state index contributed by atoms with van der Waals surface area (Å²) in [5.41, 5.74) is 8.36. The van der Waals surface area contributed by atoms with E-state index in [1.165, 1.54) is 28.2 Å². The van der Waals surface area contributed by atoms with E-state index in [0.29, 0.717) is 0 Å². The minimum Gasteiger partial charge on any atom is -0.392 e. The molecule has 0 saturated carbocycles. The minimum atomic E-state index is -0.261. The van der Waals surface area contributed by atoms with Gasteiger partial charge in [0.15, 0.2) is 0 Å². The van der Waals surface area contributed by atoms with Crippen LogP contribution in [0.25, 0.3) is 11.1 Å².